The first-order chi connectivity index (χ1) is 20.2. The second-order valence-electron chi connectivity index (χ2n) is 12.6. The monoisotopic (exact) mass is 595 g/mol. The largest absolute Gasteiger partial charge is 0.544 e. The van der Waals surface area contributed by atoms with Gasteiger partial charge < -0.3 is 29.0 Å². The van der Waals surface area contributed by atoms with Gasteiger partial charge in [-0.15, -0.1) is 0 Å². The van der Waals surface area contributed by atoms with Crippen molar-refractivity contribution < 1.29 is 33.8 Å². The van der Waals surface area contributed by atoms with E-state index in [0.717, 1.165) is 32.1 Å². The van der Waals surface area contributed by atoms with Crippen molar-refractivity contribution in [3.05, 3.63) is 24.3 Å². The summed E-state index contributed by atoms with van der Waals surface area (Å²) in [4.78, 5) is 23.1. The van der Waals surface area contributed by atoms with Gasteiger partial charge >= 0.3 is 5.97 Å². The fourth-order valence-electron chi connectivity index (χ4n) is 4.86. The van der Waals surface area contributed by atoms with E-state index in [1.807, 2.05) is 0 Å². The molecule has 2 atom stereocenters. The van der Waals surface area contributed by atoms with Crippen LogP contribution in [0.3, 0.4) is 0 Å². The molecule has 0 bridgehead atoms. The number of carboxylic acid groups (broad SMARTS) is 1. The van der Waals surface area contributed by atoms with Crippen molar-refractivity contribution in [2.24, 2.45) is 0 Å². The molecule has 0 rings (SSSR count). The zero-order valence-electron chi connectivity index (χ0n) is 27.7. The van der Waals surface area contributed by atoms with E-state index >= 15 is 0 Å². The first-order valence-electron chi connectivity index (χ1n) is 16.9. The van der Waals surface area contributed by atoms with Gasteiger partial charge in [0.1, 0.15) is 18.8 Å². The topological polar surface area (TPSA) is 95.9 Å². The molecule has 0 saturated heterocycles. The fraction of sp³-hybridized carbons (Fsp3) is 0.829. The summed E-state index contributed by atoms with van der Waals surface area (Å²) in [5.41, 5.74) is 0. The van der Waals surface area contributed by atoms with Crippen molar-refractivity contribution in [1.82, 2.24) is 0 Å². The highest BCUT2D eigenvalue weighted by Gasteiger charge is 2.24. The van der Waals surface area contributed by atoms with Crippen molar-refractivity contribution in [3.63, 3.8) is 0 Å². The number of rotatable bonds is 30. The molecule has 0 aliphatic rings. The van der Waals surface area contributed by atoms with Gasteiger partial charge in [-0.1, -0.05) is 108 Å². The zero-order chi connectivity index (χ0) is 31.3. The summed E-state index contributed by atoms with van der Waals surface area (Å²) in [7, 11) is 5.36. The molecule has 0 aromatic heterocycles. The van der Waals surface area contributed by atoms with Gasteiger partial charge in [-0.3, -0.25) is 4.79 Å². The van der Waals surface area contributed by atoms with Crippen LogP contribution in [0, 0.1) is 0 Å². The number of quaternary nitrogens is 1. The molecular weight excluding hydrogens is 530 g/mol. The predicted octanol–water partition coefficient (Wildman–Crippen LogP) is 6.67. The Balaban J connectivity index is 3.50. The quantitative estimate of drug-likeness (QED) is 0.0431. The van der Waals surface area contributed by atoms with Gasteiger partial charge in [0, 0.05) is 12.8 Å². The highest BCUT2D eigenvalue weighted by molar-refractivity contribution is 5.69. The second-order valence-corrected chi connectivity index (χ2v) is 12.6. The number of hydrogen-bond acceptors (Lipinski definition) is 6. The Bertz CT molecular complexity index is 700. The summed E-state index contributed by atoms with van der Waals surface area (Å²) in [6.07, 6.45) is 31.3. The number of aliphatic carboxylic acids is 1. The molecule has 0 aliphatic carbocycles. The Kier molecular flexibility index (Phi) is 27.0. The summed E-state index contributed by atoms with van der Waals surface area (Å²) >= 11 is 0. The third-order valence-electron chi connectivity index (χ3n) is 7.57. The van der Waals surface area contributed by atoms with Crippen molar-refractivity contribution in [2.75, 3.05) is 41.0 Å². The maximum Gasteiger partial charge on any atom is 0.305 e. The molecule has 0 amide bonds. The molecule has 246 valence electrons. The SMILES string of the molecule is CCCCCCCCCC/C=C/C/C=C/CCCCCCCCCC(=O)OCC(O)COCCC(C(=O)[O-])[N+](C)(C)C. The molecule has 0 aromatic carbocycles. The van der Waals surface area contributed by atoms with Crippen LogP contribution < -0.4 is 5.11 Å². The minimum atomic E-state index is -1.12. The molecule has 0 radical (unpaired) electrons. The van der Waals surface area contributed by atoms with Crippen molar-refractivity contribution in [3.8, 4) is 0 Å². The average Bonchev–Trinajstić information content (AvgIpc) is 2.93. The Morgan fingerprint density at radius 3 is 1.74 bits per heavy atom. The number of carbonyl (C=O) groups excluding carboxylic acids is 2. The number of likely N-dealkylation sites (N-methyl/N-ethyl adjacent to an activating group) is 1. The van der Waals surface area contributed by atoms with Gasteiger partial charge in [-0.05, 0) is 38.5 Å². The number of unbranched alkanes of at least 4 members (excludes halogenated alkanes) is 15. The number of carboxylic acids is 1. The van der Waals surface area contributed by atoms with Crippen molar-refractivity contribution in [2.45, 2.75) is 147 Å². The van der Waals surface area contributed by atoms with Gasteiger partial charge in [0.05, 0.1) is 40.3 Å². The van der Waals surface area contributed by atoms with Crippen molar-refractivity contribution in [1.29, 1.82) is 0 Å². The molecule has 7 heteroatoms. The Hall–Kier alpha value is -1.70. The summed E-state index contributed by atoms with van der Waals surface area (Å²) in [5.74, 6) is -1.42. The number of aliphatic hydroxyl groups excluding tert-OH is 1. The molecule has 0 aromatic rings. The number of allylic oxidation sites excluding steroid dienone is 4. The molecule has 7 nitrogen and oxygen atoms in total. The molecule has 0 spiro atoms. The summed E-state index contributed by atoms with van der Waals surface area (Å²) in [5, 5.41) is 21.2. The lowest BCUT2D eigenvalue weighted by Gasteiger charge is -2.34. The van der Waals surface area contributed by atoms with E-state index in [4.69, 9.17) is 9.47 Å². The molecule has 0 saturated carbocycles. The van der Waals surface area contributed by atoms with E-state index in [-0.39, 0.29) is 36.7 Å². The molecule has 42 heavy (non-hydrogen) atoms. The van der Waals surface area contributed by atoms with Gasteiger partial charge in [0.15, 0.2) is 0 Å². The van der Waals surface area contributed by atoms with Gasteiger partial charge in [0.2, 0.25) is 0 Å². The van der Waals surface area contributed by atoms with Crippen LogP contribution in [0.1, 0.15) is 135 Å². The Labute approximate surface area is 258 Å². The molecule has 2 unspecified atom stereocenters. The van der Waals surface area contributed by atoms with Crippen LogP contribution in [0.2, 0.25) is 0 Å². The van der Waals surface area contributed by atoms with E-state index in [1.165, 1.54) is 83.5 Å². The van der Waals surface area contributed by atoms with Crippen LogP contribution in [0.15, 0.2) is 24.3 Å². The smallest absolute Gasteiger partial charge is 0.305 e. The summed E-state index contributed by atoms with van der Waals surface area (Å²) in [6, 6.07) is -0.686. The van der Waals surface area contributed by atoms with Gasteiger partial charge in [-0.25, -0.2) is 0 Å². The third kappa shape index (κ3) is 27.2. The maximum absolute atomic E-state index is 11.9. The highest BCUT2D eigenvalue weighted by Crippen LogP contribution is 2.12. The minimum absolute atomic E-state index is 0.00354. The zero-order valence-corrected chi connectivity index (χ0v) is 27.7. The highest BCUT2D eigenvalue weighted by atomic mass is 16.5. The molecular formula is C35H65NO6. The first-order valence-corrected chi connectivity index (χ1v) is 16.9. The van der Waals surface area contributed by atoms with E-state index in [9.17, 15) is 19.8 Å². The van der Waals surface area contributed by atoms with Crippen LogP contribution >= 0.6 is 0 Å². The number of hydrogen-bond donors (Lipinski definition) is 1. The molecule has 0 aliphatic heterocycles. The fourth-order valence-corrected chi connectivity index (χ4v) is 4.86. The van der Waals surface area contributed by atoms with Crippen molar-refractivity contribution >= 4 is 11.9 Å². The van der Waals surface area contributed by atoms with Crippen LogP contribution in [0.25, 0.3) is 0 Å². The first kappa shape index (κ1) is 40.3. The lowest BCUT2D eigenvalue weighted by atomic mass is 10.1. The predicted molar refractivity (Wildman–Crippen MR) is 171 cm³/mol. The Morgan fingerprint density at radius 1 is 0.738 bits per heavy atom. The van der Waals surface area contributed by atoms with Crippen LogP contribution in [-0.4, -0.2) is 74.6 Å². The number of esters is 1. The normalized spacial score (nSPS) is 13.6. The van der Waals surface area contributed by atoms with Crippen LogP contribution in [0.4, 0.5) is 0 Å². The molecule has 0 heterocycles. The number of ether oxygens (including phenoxy) is 2. The van der Waals surface area contributed by atoms with E-state index < -0.39 is 18.1 Å². The molecule has 0 fully saturated rings. The minimum Gasteiger partial charge on any atom is -0.544 e. The molecule has 1 N–H and O–H groups in total. The van der Waals surface area contributed by atoms with Gasteiger partial charge in [0.25, 0.3) is 0 Å². The van der Waals surface area contributed by atoms with Gasteiger partial charge in [-0.2, -0.15) is 0 Å². The summed E-state index contributed by atoms with van der Waals surface area (Å²) < 4.78 is 10.7. The third-order valence-corrected chi connectivity index (χ3v) is 7.57. The number of aliphatic hydroxyl groups is 1. The number of nitrogens with zero attached hydrogens (tertiary/aromatic N) is 1. The lowest BCUT2D eigenvalue weighted by molar-refractivity contribution is -0.889. The maximum atomic E-state index is 11.9. The van der Waals surface area contributed by atoms with Crippen LogP contribution in [0.5, 0.6) is 0 Å². The van der Waals surface area contributed by atoms with E-state index in [1.54, 1.807) is 21.1 Å². The summed E-state index contributed by atoms with van der Waals surface area (Å²) in [6.45, 7) is 2.35. The second kappa shape index (κ2) is 28.1. The Morgan fingerprint density at radius 2 is 1.24 bits per heavy atom. The number of carbonyl (C=O) groups is 2. The standard InChI is InChI=1S/C35H65NO6/c1-5-6-7-8-9-10-11-12-13-14-15-16-17-18-19-20-21-22-23-24-25-26-27-34(38)42-31-32(37)30-41-29-28-33(35(39)40)36(2,3)4/h14-15,17-18,32-33,37H,5-13,16,19-31H2,1-4H3/b15-14+,18-17+. The van der Waals surface area contributed by atoms with E-state index in [2.05, 4.69) is 31.2 Å². The average molecular weight is 596 g/mol. The van der Waals surface area contributed by atoms with Crippen LogP contribution in [-0.2, 0) is 19.1 Å². The lowest BCUT2D eigenvalue weighted by Crippen LogP contribution is -2.55. The van der Waals surface area contributed by atoms with E-state index in [0.29, 0.717) is 6.42 Å².